The summed E-state index contributed by atoms with van der Waals surface area (Å²) in [4.78, 5) is 19.4. The molecule has 0 saturated heterocycles. The van der Waals surface area contributed by atoms with Crippen molar-refractivity contribution >= 4 is 17.0 Å². The van der Waals surface area contributed by atoms with Crippen molar-refractivity contribution in [2.24, 2.45) is 5.73 Å². The molecule has 9 heteroatoms. The number of aromatic hydroxyl groups is 1. The van der Waals surface area contributed by atoms with Crippen molar-refractivity contribution in [2.75, 3.05) is 0 Å². The first-order valence-electron chi connectivity index (χ1n) is 10.2. The summed E-state index contributed by atoms with van der Waals surface area (Å²) in [5, 5.41) is 20.1. The van der Waals surface area contributed by atoms with Gasteiger partial charge in [-0.3, -0.25) is 0 Å². The highest BCUT2D eigenvalue weighted by atomic mass is 16.6. The van der Waals surface area contributed by atoms with E-state index < -0.39 is 6.09 Å². The van der Waals surface area contributed by atoms with Gasteiger partial charge >= 0.3 is 6.09 Å². The summed E-state index contributed by atoms with van der Waals surface area (Å²) in [7, 11) is 0. The molecule has 0 radical (unpaired) electrons. The number of ether oxygens (including phenoxy) is 3. The SMILES string of the molecule is N#Cc1cccc(COc2cc3ncnc(OC4CCC(OC(N)=O)CC4)c3cc2O)c1. The molecule has 32 heavy (non-hydrogen) atoms. The Bertz CT molecular complexity index is 1170. The second kappa shape index (κ2) is 9.39. The molecule has 1 saturated carbocycles. The lowest BCUT2D eigenvalue weighted by atomic mass is 9.95. The minimum absolute atomic E-state index is 0.0628. The van der Waals surface area contributed by atoms with Gasteiger partial charge in [0, 0.05) is 6.07 Å². The van der Waals surface area contributed by atoms with Crippen molar-refractivity contribution in [1.82, 2.24) is 9.97 Å². The molecule has 0 aliphatic heterocycles. The molecule has 0 spiro atoms. The summed E-state index contributed by atoms with van der Waals surface area (Å²) in [5.41, 5.74) is 7.00. The Balaban J connectivity index is 1.46. The van der Waals surface area contributed by atoms with Gasteiger partial charge in [-0.15, -0.1) is 0 Å². The third-order valence-electron chi connectivity index (χ3n) is 5.31. The zero-order valence-corrected chi connectivity index (χ0v) is 17.2. The van der Waals surface area contributed by atoms with Gasteiger partial charge in [0.1, 0.15) is 25.1 Å². The molecule has 3 N–H and O–H groups in total. The van der Waals surface area contributed by atoms with Crippen molar-refractivity contribution in [1.29, 1.82) is 5.26 Å². The maximum Gasteiger partial charge on any atom is 0.404 e. The summed E-state index contributed by atoms with van der Waals surface area (Å²) in [6.45, 7) is 0.194. The third-order valence-corrected chi connectivity index (χ3v) is 5.31. The van der Waals surface area contributed by atoms with E-state index in [1.807, 2.05) is 6.07 Å². The van der Waals surface area contributed by atoms with E-state index in [2.05, 4.69) is 16.0 Å². The number of phenols is 1. The van der Waals surface area contributed by atoms with Crippen LogP contribution in [0.2, 0.25) is 0 Å². The van der Waals surface area contributed by atoms with Crippen LogP contribution in [-0.2, 0) is 11.3 Å². The standard InChI is InChI=1S/C23H22N4O5/c24-11-14-2-1-3-15(8-14)12-30-21-10-19-18(9-20(21)28)22(27-13-26-19)31-16-4-6-17(7-5-16)32-23(25)29/h1-3,8-10,13,16-17,28H,4-7,12H2,(H2,25,29). The first-order valence-corrected chi connectivity index (χ1v) is 10.2. The second-order valence-electron chi connectivity index (χ2n) is 7.57. The predicted octanol–water partition coefficient (Wildman–Crippen LogP) is 3.57. The quantitative estimate of drug-likeness (QED) is 0.600. The van der Waals surface area contributed by atoms with Crippen LogP contribution in [0.5, 0.6) is 17.4 Å². The zero-order chi connectivity index (χ0) is 22.5. The van der Waals surface area contributed by atoms with Gasteiger partial charge < -0.3 is 25.1 Å². The van der Waals surface area contributed by atoms with Crippen LogP contribution < -0.4 is 15.2 Å². The van der Waals surface area contributed by atoms with Crippen LogP contribution >= 0.6 is 0 Å². The van der Waals surface area contributed by atoms with E-state index in [1.54, 1.807) is 24.3 Å². The lowest BCUT2D eigenvalue weighted by molar-refractivity contribution is 0.0460. The summed E-state index contributed by atoms with van der Waals surface area (Å²) in [6, 6.07) is 12.3. The molecule has 164 valence electrons. The van der Waals surface area contributed by atoms with Crippen molar-refractivity contribution in [3.05, 3.63) is 53.9 Å². The Hall–Kier alpha value is -4.06. The van der Waals surface area contributed by atoms with Gasteiger partial charge in [-0.05, 0) is 49.4 Å². The van der Waals surface area contributed by atoms with E-state index in [4.69, 9.17) is 25.2 Å². The maximum absolute atomic E-state index is 10.9. The molecule has 2 aromatic carbocycles. The first-order chi connectivity index (χ1) is 15.5. The topological polar surface area (TPSA) is 141 Å². The minimum atomic E-state index is -0.762. The highest BCUT2D eigenvalue weighted by Gasteiger charge is 2.25. The fourth-order valence-corrected chi connectivity index (χ4v) is 3.74. The summed E-state index contributed by atoms with van der Waals surface area (Å²) in [6.07, 6.45) is 3.06. The third kappa shape index (κ3) is 4.98. The normalized spacial score (nSPS) is 18.0. The Morgan fingerprint density at radius 3 is 2.69 bits per heavy atom. The fraction of sp³-hybridized carbons (Fsp3) is 0.304. The maximum atomic E-state index is 10.9. The van der Waals surface area contributed by atoms with E-state index in [1.165, 1.54) is 12.4 Å². The van der Waals surface area contributed by atoms with Gasteiger partial charge in [-0.2, -0.15) is 5.26 Å². The number of nitrogens with two attached hydrogens (primary N) is 1. The van der Waals surface area contributed by atoms with Crippen molar-refractivity contribution in [2.45, 2.75) is 44.5 Å². The van der Waals surface area contributed by atoms with Crippen LogP contribution in [0.3, 0.4) is 0 Å². The number of carbonyl (C=O) groups is 1. The number of carbonyl (C=O) groups excluding carboxylic acids is 1. The average molecular weight is 434 g/mol. The number of nitriles is 1. The van der Waals surface area contributed by atoms with E-state index >= 15 is 0 Å². The molecule has 0 bridgehead atoms. The van der Waals surface area contributed by atoms with Crippen LogP contribution in [0.25, 0.3) is 10.9 Å². The summed E-state index contributed by atoms with van der Waals surface area (Å²) >= 11 is 0. The Morgan fingerprint density at radius 1 is 1.16 bits per heavy atom. The highest BCUT2D eigenvalue weighted by Crippen LogP contribution is 2.35. The van der Waals surface area contributed by atoms with E-state index in [9.17, 15) is 9.90 Å². The van der Waals surface area contributed by atoms with E-state index in [0.717, 1.165) is 5.56 Å². The van der Waals surface area contributed by atoms with Crippen molar-refractivity contribution in [3.8, 4) is 23.4 Å². The van der Waals surface area contributed by atoms with Crippen LogP contribution in [0.1, 0.15) is 36.8 Å². The molecular weight excluding hydrogens is 412 g/mol. The van der Waals surface area contributed by atoms with Crippen molar-refractivity contribution in [3.63, 3.8) is 0 Å². The number of nitrogens with zero attached hydrogens (tertiary/aromatic N) is 3. The van der Waals surface area contributed by atoms with Crippen LogP contribution in [0, 0.1) is 11.3 Å². The van der Waals surface area contributed by atoms with E-state index in [-0.39, 0.29) is 30.3 Å². The number of hydrogen-bond donors (Lipinski definition) is 2. The van der Waals surface area contributed by atoms with Crippen molar-refractivity contribution < 1.29 is 24.1 Å². The molecular formula is C23H22N4O5. The molecule has 1 aromatic heterocycles. The largest absolute Gasteiger partial charge is 0.504 e. The van der Waals surface area contributed by atoms with Gasteiger partial charge in [0.05, 0.1) is 22.5 Å². The Kier molecular flexibility index (Phi) is 6.22. The molecule has 1 aliphatic carbocycles. The molecule has 3 aromatic rings. The predicted molar refractivity (Wildman–Crippen MR) is 114 cm³/mol. The molecule has 4 rings (SSSR count). The highest BCUT2D eigenvalue weighted by molar-refractivity contribution is 5.86. The number of fused-ring (bicyclic) bond motifs is 1. The smallest absolute Gasteiger partial charge is 0.404 e. The molecule has 1 fully saturated rings. The molecule has 1 amide bonds. The fourth-order valence-electron chi connectivity index (χ4n) is 3.74. The van der Waals surface area contributed by atoms with Gasteiger partial charge in [-0.25, -0.2) is 14.8 Å². The lowest BCUT2D eigenvalue weighted by Crippen LogP contribution is -2.31. The van der Waals surface area contributed by atoms with Gasteiger partial charge in [0.25, 0.3) is 0 Å². The molecule has 0 atom stereocenters. The zero-order valence-electron chi connectivity index (χ0n) is 17.2. The number of amides is 1. The number of phenolic OH excluding ortho intramolecular Hbond substituents is 1. The van der Waals surface area contributed by atoms with E-state index in [0.29, 0.717) is 48.0 Å². The molecule has 1 aliphatic rings. The Labute approximate surface area is 184 Å². The summed E-state index contributed by atoms with van der Waals surface area (Å²) in [5.74, 6) is 0.582. The monoisotopic (exact) mass is 434 g/mol. The molecule has 0 unspecified atom stereocenters. The Morgan fingerprint density at radius 2 is 1.94 bits per heavy atom. The first kappa shape index (κ1) is 21.2. The summed E-state index contributed by atoms with van der Waals surface area (Å²) < 4.78 is 16.9. The molecule has 1 heterocycles. The van der Waals surface area contributed by atoms with Crippen LogP contribution in [-0.4, -0.2) is 33.4 Å². The minimum Gasteiger partial charge on any atom is -0.504 e. The number of benzene rings is 2. The van der Waals surface area contributed by atoms with Crippen LogP contribution in [0.4, 0.5) is 4.79 Å². The lowest BCUT2D eigenvalue weighted by Gasteiger charge is -2.28. The number of hydrogen-bond acceptors (Lipinski definition) is 8. The van der Waals surface area contributed by atoms with Gasteiger partial charge in [0.15, 0.2) is 11.5 Å². The van der Waals surface area contributed by atoms with Gasteiger partial charge in [0.2, 0.25) is 5.88 Å². The van der Waals surface area contributed by atoms with Crippen LogP contribution in [0.15, 0.2) is 42.7 Å². The molecule has 9 nitrogen and oxygen atoms in total. The number of aromatic nitrogens is 2. The average Bonchev–Trinajstić information content (AvgIpc) is 2.79. The van der Waals surface area contributed by atoms with Gasteiger partial charge in [-0.1, -0.05) is 12.1 Å². The second-order valence-corrected chi connectivity index (χ2v) is 7.57. The number of rotatable bonds is 6. The number of primary amides is 1.